The van der Waals surface area contributed by atoms with Gasteiger partial charge in [-0.15, -0.1) is 0 Å². The number of carbonyl (C=O) groups is 2. The van der Waals surface area contributed by atoms with Crippen molar-refractivity contribution in [1.82, 2.24) is 9.80 Å². The summed E-state index contributed by atoms with van der Waals surface area (Å²) in [5, 5.41) is 7.12. The van der Waals surface area contributed by atoms with Gasteiger partial charge in [0.15, 0.2) is 0 Å². The molecule has 2 aliphatic rings. The number of aryl methyl sites for hydroxylation is 1. The van der Waals surface area contributed by atoms with Gasteiger partial charge in [0.25, 0.3) is 0 Å². The highest BCUT2D eigenvalue weighted by Gasteiger charge is 2.44. The summed E-state index contributed by atoms with van der Waals surface area (Å²) in [5.74, 6) is -0.367. The van der Waals surface area contributed by atoms with E-state index >= 15 is 0 Å². The molecule has 3 heterocycles. The summed E-state index contributed by atoms with van der Waals surface area (Å²) in [4.78, 5) is 25.6. The first-order chi connectivity index (χ1) is 13.1. The van der Waals surface area contributed by atoms with Gasteiger partial charge in [0.05, 0.1) is 6.54 Å². The van der Waals surface area contributed by atoms with E-state index in [2.05, 4.69) is 22.8 Å². The predicted molar refractivity (Wildman–Crippen MR) is 95.6 cm³/mol. The molecule has 1 spiro atoms. The standard InChI is InChI=1S/C17H26N2O2.C2HF3O2/c1-3-19-16(20)7-9-17(19)8-4-11-18(12-10-17)13-15-6-5-14(2)21-15;3-2(4,5)1(6)7/h5-6H,3-4,7-13H2,1-2H3;(H,6,7). The van der Waals surface area contributed by atoms with Crippen LogP contribution in [0.2, 0.25) is 0 Å². The zero-order chi connectivity index (χ0) is 20.9. The lowest BCUT2D eigenvalue weighted by Crippen LogP contribution is -2.46. The van der Waals surface area contributed by atoms with Crippen molar-refractivity contribution in [3.05, 3.63) is 23.7 Å². The molecule has 0 radical (unpaired) electrons. The molecule has 158 valence electrons. The number of halogens is 3. The molecule has 1 aromatic heterocycles. The van der Waals surface area contributed by atoms with Crippen LogP contribution in [0.3, 0.4) is 0 Å². The first-order valence-corrected chi connectivity index (χ1v) is 9.45. The summed E-state index contributed by atoms with van der Waals surface area (Å²) in [6.45, 7) is 8.01. The normalized spacial score (nSPS) is 23.5. The first-order valence-electron chi connectivity index (χ1n) is 9.45. The van der Waals surface area contributed by atoms with Crippen molar-refractivity contribution in [1.29, 1.82) is 0 Å². The SMILES string of the molecule is CCN1C(=O)CCC12CCCN(Cc1ccc(C)o1)CC2.O=C(O)C(F)(F)F. The van der Waals surface area contributed by atoms with E-state index < -0.39 is 12.1 Å². The zero-order valence-corrected chi connectivity index (χ0v) is 16.2. The van der Waals surface area contributed by atoms with E-state index in [4.69, 9.17) is 14.3 Å². The lowest BCUT2D eigenvalue weighted by atomic mass is 9.88. The quantitative estimate of drug-likeness (QED) is 0.834. The van der Waals surface area contributed by atoms with Gasteiger partial charge < -0.3 is 14.4 Å². The maximum absolute atomic E-state index is 12.1. The molecular formula is C19H27F3N2O4. The third-order valence-electron chi connectivity index (χ3n) is 5.42. The highest BCUT2D eigenvalue weighted by molar-refractivity contribution is 5.79. The Morgan fingerprint density at radius 3 is 2.46 bits per heavy atom. The van der Waals surface area contributed by atoms with Gasteiger partial charge in [0.1, 0.15) is 11.5 Å². The van der Waals surface area contributed by atoms with Crippen LogP contribution in [-0.2, 0) is 16.1 Å². The summed E-state index contributed by atoms with van der Waals surface area (Å²) < 4.78 is 37.4. The summed E-state index contributed by atoms with van der Waals surface area (Å²) in [6.07, 6.45) is 0.134. The van der Waals surface area contributed by atoms with Crippen LogP contribution in [0.1, 0.15) is 50.5 Å². The molecule has 1 atom stereocenters. The lowest BCUT2D eigenvalue weighted by Gasteiger charge is -2.37. The van der Waals surface area contributed by atoms with E-state index in [9.17, 15) is 18.0 Å². The second kappa shape index (κ2) is 8.98. The molecule has 0 saturated carbocycles. The number of alkyl halides is 3. The van der Waals surface area contributed by atoms with Crippen molar-refractivity contribution >= 4 is 11.9 Å². The molecule has 1 amide bonds. The monoisotopic (exact) mass is 404 g/mol. The largest absolute Gasteiger partial charge is 0.490 e. The summed E-state index contributed by atoms with van der Waals surface area (Å²) in [6, 6.07) is 4.11. The number of carboxylic acids is 1. The Labute approximate surface area is 162 Å². The van der Waals surface area contributed by atoms with Crippen molar-refractivity contribution in [3.63, 3.8) is 0 Å². The van der Waals surface area contributed by atoms with Crippen LogP contribution in [0.4, 0.5) is 13.2 Å². The molecule has 0 aliphatic carbocycles. The summed E-state index contributed by atoms with van der Waals surface area (Å²) in [7, 11) is 0. The maximum Gasteiger partial charge on any atom is 0.490 e. The van der Waals surface area contributed by atoms with Gasteiger partial charge in [-0.05, 0) is 58.2 Å². The Balaban J connectivity index is 0.000000345. The van der Waals surface area contributed by atoms with E-state index in [0.717, 1.165) is 63.4 Å². The molecule has 6 nitrogen and oxygen atoms in total. The number of rotatable bonds is 3. The van der Waals surface area contributed by atoms with E-state index in [1.807, 2.05) is 13.0 Å². The average Bonchev–Trinajstić information content (AvgIpc) is 3.07. The topological polar surface area (TPSA) is 74.0 Å². The van der Waals surface area contributed by atoms with Crippen LogP contribution in [0, 0.1) is 6.92 Å². The smallest absolute Gasteiger partial charge is 0.475 e. The van der Waals surface area contributed by atoms with E-state index in [1.165, 1.54) is 6.42 Å². The molecule has 1 unspecified atom stereocenters. The third-order valence-corrected chi connectivity index (χ3v) is 5.42. The van der Waals surface area contributed by atoms with Crippen LogP contribution in [-0.4, -0.2) is 58.1 Å². The van der Waals surface area contributed by atoms with Gasteiger partial charge >= 0.3 is 12.1 Å². The highest BCUT2D eigenvalue weighted by atomic mass is 19.4. The van der Waals surface area contributed by atoms with Gasteiger partial charge in [-0.1, -0.05) is 0 Å². The highest BCUT2D eigenvalue weighted by Crippen LogP contribution is 2.39. The molecule has 2 aliphatic heterocycles. The first kappa shape index (κ1) is 22.3. The van der Waals surface area contributed by atoms with Crippen LogP contribution in [0.25, 0.3) is 0 Å². The lowest BCUT2D eigenvalue weighted by molar-refractivity contribution is -0.192. The van der Waals surface area contributed by atoms with Crippen molar-refractivity contribution in [2.45, 2.75) is 64.2 Å². The fraction of sp³-hybridized carbons (Fsp3) is 0.684. The van der Waals surface area contributed by atoms with Gasteiger partial charge in [-0.25, -0.2) is 4.79 Å². The van der Waals surface area contributed by atoms with Crippen molar-refractivity contribution in [3.8, 4) is 0 Å². The minimum atomic E-state index is -5.08. The summed E-state index contributed by atoms with van der Waals surface area (Å²) in [5.41, 5.74) is 0.139. The van der Waals surface area contributed by atoms with Crippen LogP contribution in [0.5, 0.6) is 0 Å². The number of nitrogens with zero attached hydrogens (tertiary/aromatic N) is 2. The number of hydrogen-bond donors (Lipinski definition) is 1. The number of amides is 1. The van der Waals surface area contributed by atoms with Crippen LogP contribution < -0.4 is 0 Å². The second-order valence-electron chi connectivity index (χ2n) is 7.31. The van der Waals surface area contributed by atoms with Crippen LogP contribution in [0.15, 0.2) is 16.5 Å². The number of hydrogen-bond acceptors (Lipinski definition) is 4. The Morgan fingerprint density at radius 1 is 1.25 bits per heavy atom. The van der Waals surface area contributed by atoms with Gasteiger partial charge in [-0.3, -0.25) is 9.69 Å². The zero-order valence-electron chi connectivity index (χ0n) is 16.2. The molecule has 0 aromatic carbocycles. The van der Waals surface area contributed by atoms with Crippen molar-refractivity contribution in [2.75, 3.05) is 19.6 Å². The third kappa shape index (κ3) is 5.50. The molecule has 9 heteroatoms. The number of carbonyl (C=O) groups excluding carboxylic acids is 1. The Morgan fingerprint density at radius 2 is 1.93 bits per heavy atom. The van der Waals surface area contributed by atoms with Crippen LogP contribution >= 0.6 is 0 Å². The minimum absolute atomic E-state index is 0.139. The number of aliphatic carboxylic acids is 1. The van der Waals surface area contributed by atoms with Crippen molar-refractivity contribution in [2.24, 2.45) is 0 Å². The van der Waals surface area contributed by atoms with Gasteiger partial charge in [-0.2, -0.15) is 13.2 Å². The van der Waals surface area contributed by atoms with E-state index in [1.54, 1.807) is 0 Å². The molecule has 0 bridgehead atoms. The number of likely N-dealkylation sites (tertiary alicyclic amines) is 2. The summed E-state index contributed by atoms with van der Waals surface area (Å²) >= 11 is 0. The fourth-order valence-corrected chi connectivity index (χ4v) is 4.09. The number of carboxylic acid groups (broad SMARTS) is 1. The molecular weight excluding hydrogens is 377 g/mol. The van der Waals surface area contributed by atoms with Gasteiger partial charge in [0, 0.05) is 25.0 Å². The average molecular weight is 404 g/mol. The molecule has 1 aromatic rings. The molecule has 2 fully saturated rings. The molecule has 1 N–H and O–H groups in total. The van der Waals surface area contributed by atoms with Crippen molar-refractivity contribution < 1.29 is 32.3 Å². The molecule has 3 rings (SSSR count). The Hall–Kier alpha value is -2.03. The Kier molecular flexibility index (Phi) is 7.14. The fourth-order valence-electron chi connectivity index (χ4n) is 4.09. The van der Waals surface area contributed by atoms with E-state index in [-0.39, 0.29) is 5.54 Å². The second-order valence-corrected chi connectivity index (χ2v) is 7.31. The predicted octanol–water partition coefficient (Wildman–Crippen LogP) is 3.59. The van der Waals surface area contributed by atoms with Gasteiger partial charge in [0.2, 0.25) is 5.91 Å². The Bertz CT molecular complexity index is 689. The minimum Gasteiger partial charge on any atom is -0.475 e. The van der Waals surface area contributed by atoms with E-state index in [0.29, 0.717) is 5.91 Å². The number of furan rings is 1. The molecule has 28 heavy (non-hydrogen) atoms. The maximum atomic E-state index is 12.1. The molecule has 2 saturated heterocycles.